The van der Waals surface area contributed by atoms with E-state index in [9.17, 15) is 24.6 Å². The number of terminal acetylenes is 1. The van der Waals surface area contributed by atoms with E-state index in [1.165, 1.54) is 10.4 Å². The van der Waals surface area contributed by atoms with Crippen molar-refractivity contribution < 1.29 is 29.4 Å². The number of nitrogens with zero attached hydrogens (tertiary/aromatic N) is 3. The van der Waals surface area contributed by atoms with Gasteiger partial charge in [0.15, 0.2) is 5.69 Å². The summed E-state index contributed by atoms with van der Waals surface area (Å²) in [5.74, 6) is 0.542. The molecule has 0 spiro atoms. The predicted molar refractivity (Wildman–Crippen MR) is 150 cm³/mol. The Bertz CT molecular complexity index is 993. The monoisotopic (exact) mass is 564 g/mol. The number of carboxylic acid groups (broad SMARTS) is 1. The fourth-order valence-electron chi connectivity index (χ4n) is 4.64. The van der Waals surface area contributed by atoms with Gasteiger partial charge in [0, 0.05) is 18.2 Å². The number of thiazole rings is 1. The van der Waals surface area contributed by atoms with Crippen LogP contribution >= 0.6 is 11.3 Å². The first-order valence-corrected chi connectivity index (χ1v) is 14.7. The predicted octanol–water partition coefficient (Wildman–Crippen LogP) is 3.48. The summed E-state index contributed by atoms with van der Waals surface area (Å²) in [6.45, 7) is 8.75. The van der Waals surface area contributed by atoms with Crippen LogP contribution in [0.4, 0.5) is 0 Å². The topological polar surface area (TPSA) is 132 Å². The van der Waals surface area contributed by atoms with Gasteiger partial charge in [0.1, 0.15) is 17.2 Å². The Balaban J connectivity index is 2.33. The molecule has 2 heterocycles. The van der Waals surface area contributed by atoms with E-state index in [-0.39, 0.29) is 53.4 Å². The van der Waals surface area contributed by atoms with Crippen molar-refractivity contribution in [2.24, 2.45) is 11.8 Å². The number of aliphatic hydroxyl groups is 1. The Kier molecular flexibility index (Phi) is 13.3. The number of carbonyl (C=O) groups excluding carboxylic acids is 2. The highest BCUT2D eigenvalue weighted by molar-refractivity contribution is 7.09. The first-order chi connectivity index (χ1) is 18.5. The summed E-state index contributed by atoms with van der Waals surface area (Å²) >= 11 is 1.05. The van der Waals surface area contributed by atoms with Crippen molar-refractivity contribution in [3.8, 4) is 12.3 Å². The first kappa shape index (κ1) is 32.7. The molecule has 2 rings (SSSR count). The third kappa shape index (κ3) is 9.28. The summed E-state index contributed by atoms with van der Waals surface area (Å²) < 4.78 is 0. The van der Waals surface area contributed by atoms with Gasteiger partial charge in [-0.15, -0.1) is 23.7 Å². The van der Waals surface area contributed by atoms with Gasteiger partial charge in [-0.1, -0.05) is 40.5 Å². The summed E-state index contributed by atoms with van der Waals surface area (Å²) in [4.78, 5) is 50.8. The summed E-state index contributed by atoms with van der Waals surface area (Å²) in [5.41, 5.74) is -0.138. The van der Waals surface area contributed by atoms with E-state index in [0.29, 0.717) is 19.3 Å². The van der Waals surface area contributed by atoms with Crippen LogP contribution in [0.3, 0.4) is 0 Å². The molecule has 1 saturated heterocycles. The first-order valence-electron chi connectivity index (χ1n) is 13.8. The standard InChI is InChI=1S/C28H44N4O6S/c1-7-9-12-15-38-32(22(18(3)4)16-23(33)26-29-20(17-39-26)28(36)37)27(35)24(19(5)8-2)30-25(34)21-13-10-11-14-31(21)6/h1,17-19,21-24,33H,8-16H2,2-6H3,(H,30,34)(H,36,37)/t19-,21+,22+,23+,24-/m0/s1. The number of amides is 2. The molecule has 0 radical (unpaired) electrons. The molecule has 0 aromatic carbocycles. The van der Waals surface area contributed by atoms with Crippen LogP contribution in [0, 0.1) is 24.2 Å². The molecule has 11 heteroatoms. The number of hydroxylamine groups is 2. The number of aliphatic hydroxyl groups excluding tert-OH is 1. The van der Waals surface area contributed by atoms with Gasteiger partial charge in [-0.25, -0.2) is 14.8 Å². The molecule has 0 aliphatic carbocycles. The molecule has 218 valence electrons. The number of hydrogen-bond acceptors (Lipinski definition) is 8. The van der Waals surface area contributed by atoms with Gasteiger partial charge in [0.2, 0.25) is 5.91 Å². The quantitative estimate of drug-likeness (QED) is 0.168. The Morgan fingerprint density at radius 3 is 2.62 bits per heavy atom. The number of carboxylic acids is 1. The lowest BCUT2D eigenvalue weighted by Crippen LogP contribution is -2.58. The van der Waals surface area contributed by atoms with E-state index in [0.717, 1.165) is 37.1 Å². The Morgan fingerprint density at radius 1 is 1.33 bits per heavy atom. The number of aromatic carboxylic acids is 1. The van der Waals surface area contributed by atoms with Crippen molar-refractivity contribution in [1.82, 2.24) is 20.3 Å². The third-order valence-corrected chi connectivity index (χ3v) is 8.27. The van der Waals surface area contributed by atoms with E-state index >= 15 is 0 Å². The Labute approximate surface area is 236 Å². The highest BCUT2D eigenvalue weighted by Crippen LogP contribution is 2.29. The number of likely N-dealkylation sites (tertiary alicyclic amines) is 1. The zero-order chi connectivity index (χ0) is 29.1. The SMILES string of the molecule is C#CCCCON(C(=O)[C@@H](NC(=O)[C@H]1CCCCN1C)[C@@H](C)CC)[C@H](C[C@@H](O)c1nc(C(=O)O)cs1)C(C)C. The number of hydrogen-bond donors (Lipinski definition) is 3. The van der Waals surface area contributed by atoms with Crippen LogP contribution in [0.25, 0.3) is 0 Å². The molecule has 1 aliphatic rings. The Morgan fingerprint density at radius 2 is 2.05 bits per heavy atom. The van der Waals surface area contributed by atoms with Gasteiger partial charge in [-0.2, -0.15) is 0 Å². The molecule has 39 heavy (non-hydrogen) atoms. The molecule has 1 fully saturated rings. The van der Waals surface area contributed by atoms with Crippen LogP contribution in [0.5, 0.6) is 0 Å². The molecule has 5 atom stereocenters. The van der Waals surface area contributed by atoms with Crippen molar-refractivity contribution in [2.45, 2.75) is 96.9 Å². The van der Waals surface area contributed by atoms with Crippen LogP contribution in [-0.2, 0) is 14.4 Å². The molecule has 1 aliphatic heterocycles. The molecular weight excluding hydrogens is 520 g/mol. The van der Waals surface area contributed by atoms with Gasteiger partial charge in [-0.05, 0) is 44.7 Å². The molecule has 0 unspecified atom stereocenters. The summed E-state index contributed by atoms with van der Waals surface area (Å²) in [6, 6.07) is -1.68. The average molecular weight is 565 g/mol. The van der Waals surface area contributed by atoms with Crippen molar-refractivity contribution in [2.75, 3.05) is 20.2 Å². The maximum atomic E-state index is 14.1. The maximum Gasteiger partial charge on any atom is 0.355 e. The number of aromatic nitrogens is 1. The molecule has 1 aromatic heterocycles. The molecule has 0 saturated carbocycles. The summed E-state index contributed by atoms with van der Waals surface area (Å²) in [6.07, 6.45) is 8.79. The molecule has 3 N–H and O–H groups in total. The minimum atomic E-state index is -1.17. The number of unbranched alkanes of at least 4 members (excludes halogenated alkanes) is 1. The fourth-order valence-corrected chi connectivity index (χ4v) is 5.43. The highest BCUT2D eigenvalue weighted by Gasteiger charge is 2.39. The normalized spacial score (nSPS) is 19.1. The van der Waals surface area contributed by atoms with Crippen molar-refractivity contribution in [3.63, 3.8) is 0 Å². The summed E-state index contributed by atoms with van der Waals surface area (Å²) in [7, 11) is 1.93. The van der Waals surface area contributed by atoms with Crippen LogP contribution in [0.2, 0.25) is 0 Å². The van der Waals surface area contributed by atoms with Gasteiger partial charge in [-0.3, -0.25) is 19.3 Å². The van der Waals surface area contributed by atoms with Crippen molar-refractivity contribution in [1.29, 1.82) is 0 Å². The lowest BCUT2D eigenvalue weighted by molar-refractivity contribution is -0.212. The molecule has 1 aromatic rings. The molecule has 0 bridgehead atoms. The van der Waals surface area contributed by atoms with Gasteiger partial charge >= 0.3 is 5.97 Å². The van der Waals surface area contributed by atoms with E-state index in [1.807, 2.05) is 39.6 Å². The minimum Gasteiger partial charge on any atom is -0.476 e. The van der Waals surface area contributed by atoms with Crippen LogP contribution in [0.15, 0.2) is 5.38 Å². The second kappa shape index (κ2) is 15.9. The van der Waals surface area contributed by atoms with E-state index in [1.54, 1.807) is 0 Å². The van der Waals surface area contributed by atoms with Crippen LogP contribution < -0.4 is 5.32 Å². The maximum absolute atomic E-state index is 14.1. The number of likely N-dealkylation sites (N-methyl/N-ethyl adjacent to an activating group) is 1. The average Bonchev–Trinajstić information content (AvgIpc) is 3.41. The van der Waals surface area contributed by atoms with Gasteiger partial charge in [0.05, 0.1) is 18.7 Å². The number of rotatable bonds is 15. The molecular formula is C28H44N4O6S. The second-order valence-corrected chi connectivity index (χ2v) is 11.5. The Hall–Kier alpha value is -2.52. The zero-order valence-electron chi connectivity index (χ0n) is 23.8. The minimum absolute atomic E-state index is 0.0810. The highest BCUT2D eigenvalue weighted by atomic mass is 32.1. The second-order valence-electron chi connectivity index (χ2n) is 10.6. The number of carbonyl (C=O) groups is 3. The smallest absolute Gasteiger partial charge is 0.355 e. The molecule has 2 amide bonds. The van der Waals surface area contributed by atoms with E-state index in [2.05, 4.69) is 16.2 Å². The van der Waals surface area contributed by atoms with E-state index < -0.39 is 24.2 Å². The van der Waals surface area contributed by atoms with Crippen LogP contribution in [0.1, 0.15) is 94.2 Å². The third-order valence-electron chi connectivity index (χ3n) is 7.32. The number of piperidine rings is 1. The lowest BCUT2D eigenvalue weighted by Gasteiger charge is -2.38. The van der Waals surface area contributed by atoms with Crippen molar-refractivity contribution >= 4 is 29.1 Å². The van der Waals surface area contributed by atoms with Gasteiger partial charge in [0.25, 0.3) is 5.91 Å². The fraction of sp³-hybridized carbons (Fsp3) is 0.714. The van der Waals surface area contributed by atoms with Crippen LogP contribution in [-0.4, -0.2) is 81.3 Å². The summed E-state index contributed by atoms with van der Waals surface area (Å²) in [5, 5.41) is 26.1. The van der Waals surface area contributed by atoms with E-state index in [4.69, 9.17) is 11.3 Å². The molecule has 10 nitrogen and oxygen atoms in total. The lowest BCUT2D eigenvalue weighted by atomic mass is 9.93. The largest absolute Gasteiger partial charge is 0.476 e. The number of nitrogens with one attached hydrogen (secondary N) is 1. The zero-order valence-corrected chi connectivity index (χ0v) is 24.6. The van der Waals surface area contributed by atoms with Gasteiger partial charge < -0.3 is 15.5 Å². The van der Waals surface area contributed by atoms with Crippen molar-refractivity contribution in [3.05, 3.63) is 16.1 Å².